The Morgan fingerprint density at radius 3 is 1.95 bits per heavy atom. The molecular weight excluding hydrogens is 328 g/mol. The molecule has 1 saturated heterocycles. The van der Waals surface area contributed by atoms with Gasteiger partial charge in [0.15, 0.2) is 6.29 Å². The third-order valence-corrected chi connectivity index (χ3v) is 3.17. The first-order chi connectivity index (χ1) is 8.91. The lowest BCUT2D eigenvalue weighted by Crippen LogP contribution is -2.60. The first-order valence-corrected chi connectivity index (χ1v) is 7.61. The minimum atomic E-state index is -5.07. The molecular formula is C6H12O12S2. The molecule has 1 fully saturated rings. The molecule has 14 heteroatoms. The summed E-state index contributed by atoms with van der Waals surface area (Å²) in [6, 6.07) is 0. The summed E-state index contributed by atoms with van der Waals surface area (Å²) in [5.74, 6) is 0. The average molecular weight is 340 g/mol. The number of hydrogen-bond donors (Lipinski definition) is 5. The van der Waals surface area contributed by atoms with Gasteiger partial charge in [0.2, 0.25) is 0 Å². The van der Waals surface area contributed by atoms with Gasteiger partial charge in [-0.25, -0.2) is 8.37 Å². The highest BCUT2D eigenvalue weighted by Crippen LogP contribution is 2.24. The second-order valence-electron chi connectivity index (χ2n) is 3.75. The lowest BCUT2D eigenvalue weighted by molar-refractivity contribution is -0.280. The molecule has 0 aliphatic carbocycles. The van der Waals surface area contributed by atoms with Crippen LogP contribution < -0.4 is 0 Å². The van der Waals surface area contributed by atoms with Crippen LogP contribution in [0.1, 0.15) is 0 Å². The van der Waals surface area contributed by atoms with Crippen LogP contribution >= 0.6 is 0 Å². The molecule has 5 atom stereocenters. The summed E-state index contributed by atoms with van der Waals surface area (Å²) in [4.78, 5) is 0. The van der Waals surface area contributed by atoms with Crippen LogP contribution in [0, 0.1) is 0 Å². The first kappa shape index (κ1) is 17.6. The number of aliphatic hydroxyl groups excluding tert-OH is 3. The largest absolute Gasteiger partial charge is 0.397 e. The van der Waals surface area contributed by atoms with E-state index < -0.39 is 58.1 Å². The lowest BCUT2D eigenvalue weighted by atomic mass is 9.99. The van der Waals surface area contributed by atoms with E-state index in [4.69, 9.17) is 9.11 Å². The molecule has 1 heterocycles. The Hall–Kier alpha value is -0.420. The first-order valence-electron chi connectivity index (χ1n) is 4.88. The molecule has 12 nitrogen and oxygen atoms in total. The Bertz CT molecular complexity index is 524. The third-order valence-electron chi connectivity index (χ3n) is 2.27. The molecule has 20 heavy (non-hydrogen) atoms. The normalized spacial score (nSPS) is 36.0. The van der Waals surface area contributed by atoms with Gasteiger partial charge >= 0.3 is 20.8 Å². The Morgan fingerprint density at radius 2 is 1.50 bits per heavy atom. The van der Waals surface area contributed by atoms with Gasteiger partial charge in [0.05, 0.1) is 6.61 Å². The molecule has 0 saturated carbocycles. The molecule has 1 aliphatic rings. The van der Waals surface area contributed by atoms with Crippen molar-refractivity contribution in [1.82, 2.24) is 0 Å². The molecule has 0 radical (unpaired) electrons. The summed E-state index contributed by atoms with van der Waals surface area (Å²) >= 11 is 0. The summed E-state index contributed by atoms with van der Waals surface area (Å²) in [5, 5.41) is 28.3. The van der Waals surface area contributed by atoms with Crippen LogP contribution in [0.15, 0.2) is 0 Å². The molecule has 0 aromatic rings. The summed E-state index contributed by atoms with van der Waals surface area (Å²) in [6.45, 7) is -1.00. The fourth-order valence-corrected chi connectivity index (χ4v) is 2.28. The number of ether oxygens (including phenoxy) is 1. The Kier molecular flexibility index (Phi) is 5.41. The average Bonchev–Trinajstić information content (AvgIpc) is 2.25. The van der Waals surface area contributed by atoms with Gasteiger partial charge in [-0.15, -0.1) is 0 Å². The van der Waals surface area contributed by atoms with Gasteiger partial charge in [-0.2, -0.15) is 16.8 Å². The standard InChI is InChI=1S/C6H12O12S2/c7-3-2(1-16-19(10,11)12)17-6(9)4(8)5(3)18-20(13,14)15/h2-9H,1H2,(H,10,11,12)(H,13,14,15)/t2-,3+,4-,5+,6+/m1/s1. The topological polar surface area (TPSA) is 197 Å². The Labute approximate surface area is 113 Å². The molecule has 0 aromatic heterocycles. The molecule has 1 rings (SSSR count). The van der Waals surface area contributed by atoms with E-state index in [-0.39, 0.29) is 0 Å². The molecule has 1 aliphatic heterocycles. The van der Waals surface area contributed by atoms with Crippen LogP contribution in [0.4, 0.5) is 0 Å². The van der Waals surface area contributed by atoms with Crippen molar-refractivity contribution in [1.29, 1.82) is 0 Å². The van der Waals surface area contributed by atoms with Crippen molar-refractivity contribution in [3.8, 4) is 0 Å². The second-order valence-corrected chi connectivity index (χ2v) is 5.89. The molecule has 0 bridgehead atoms. The minimum absolute atomic E-state index is 1.00. The molecule has 0 aromatic carbocycles. The predicted octanol–water partition coefficient (Wildman–Crippen LogP) is -3.57. The van der Waals surface area contributed by atoms with Crippen molar-refractivity contribution in [2.45, 2.75) is 30.7 Å². The van der Waals surface area contributed by atoms with Crippen molar-refractivity contribution in [3.63, 3.8) is 0 Å². The minimum Gasteiger partial charge on any atom is -0.387 e. The fraction of sp³-hybridized carbons (Fsp3) is 1.00. The van der Waals surface area contributed by atoms with E-state index >= 15 is 0 Å². The van der Waals surface area contributed by atoms with E-state index in [0.29, 0.717) is 0 Å². The summed E-state index contributed by atoms with van der Waals surface area (Å²) < 4.78 is 71.0. The summed E-state index contributed by atoms with van der Waals surface area (Å²) in [7, 11) is -9.95. The van der Waals surface area contributed by atoms with Gasteiger partial charge in [0.25, 0.3) is 0 Å². The van der Waals surface area contributed by atoms with Crippen molar-refractivity contribution in [2.24, 2.45) is 0 Å². The number of aliphatic hydroxyl groups is 3. The summed E-state index contributed by atoms with van der Waals surface area (Å²) in [5.41, 5.74) is 0. The molecule has 0 spiro atoms. The predicted molar refractivity (Wildman–Crippen MR) is 56.8 cm³/mol. The van der Waals surface area contributed by atoms with Gasteiger partial charge in [-0.05, 0) is 0 Å². The van der Waals surface area contributed by atoms with Gasteiger partial charge in [-0.3, -0.25) is 9.11 Å². The maximum Gasteiger partial charge on any atom is 0.397 e. The van der Waals surface area contributed by atoms with Crippen LogP contribution in [-0.2, 0) is 33.9 Å². The molecule has 0 unspecified atom stereocenters. The monoisotopic (exact) mass is 340 g/mol. The molecule has 120 valence electrons. The SMILES string of the molecule is O=S(=O)(O)OC[C@H]1O[C@H](O)[C@H](O)[C@@H](OS(=O)(=O)O)[C@H]1O. The van der Waals surface area contributed by atoms with Crippen LogP contribution in [0.3, 0.4) is 0 Å². The van der Waals surface area contributed by atoms with Crippen molar-refractivity contribution >= 4 is 20.8 Å². The maximum atomic E-state index is 10.5. The molecule has 0 amide bonds. The highest BCUT2D eigenvalue weighted by atomic mass is 32.3. The van der Waals surface area contributed by atoms with Crippen molar-refractivity contribution in [3.05, 3.63) is 0 Å². The lowest BCUT2D eigenvalue weighted by Gasteiger charge is -2.39. The Balaban J connectivity index is 2.84. The highest BCUT2D eigenvalue weighted by molar-refractivity contribution is 7.81. The van der Waals surface area contributed by atoms with E-state index in [1.165, 1.54) is 0 Å². The zero-order valence-electron chi connectivity index (χ0n) is 9.50. The van der Waals surface area contributed by atoms with Crippen LogP contribution in [0.2, 0.25) is 0 Å². The maximum absolute atomic E-state index is 10.5. The van der Waals surface area contributed by atoms with Crippen molar-refractivity contribution < 1.29 is 54.4 Å². The number of rotatable bonds is 5. The second kappa shape index (κ2) is 6.14. The highest BCUT2D eigenvalue weighted by Gasteiger charge is 2.47. The van der Waals surface area contributed by atoms with E-state index in [1.54, 1.807) is 0 Å². The zero-order valence-corrected chi connectivity index (χ0v) is 11.1. The smallest absolute Gasteiger partial charge is 0.387 e. The molecule has 5 N–H and O–H groups in total. The van der Waals surface area contributed by atoms with Gasteiger partial charge < -0.3 is 20.1 Å². The van der Waals surface area contributed by atoms with E-state index in [1.807, 2.05) is 0 Å². The van der Waals surface area contributed by atoms with Gasteiger partial charge in [-0.1, -0.05) is 0 Å². The fourth-order valence-electron chi connectivity index (χ4n) is 1.46. The number of hydrogen-bond acceptors (Lipinski definition) is 10. The van der Waals surface area contributed by atoms with Crippen LogP contribution in [0.5, 0.6) is 0 Å². The zero-order chi connectivity index (χ0) is 15.7. The van der Waals surface area contributed by atoms with Gasteiger partial charge in [0.1, 0.15) is 24.4 Å². The van der Waals surface area contributed by atoms with Crippen LogP contribution in [0.25, 0.3) is 0 Å². The van der Waals surface area contributed by atoms with Crippen LogP contribution in [-0.4, -0.2) is 78.6 Å². The summed E-state index contributed by atoms with van der Waals surface area (Å²) in [6.07, 6.45) is -9.79. The van der Waals surface area contributed by atoms with Crippen molar-refractivity contribution in [2.75, 3.05) is 6.61 Å². The third kappa shape index (κ3) is 5.17. The van der Waals surface area contributed by atoms with E-state index in [0.717, 1.165) is 0 Å². The van der Waals surface area contributed by atoms with Gasteiger partial charge in [0, 0.05) is 0 Å². The quantitative estimate of drug-likeness (QED) is 0.309. The van der Waals surface area contributed by atoms with E-state index in [9.17, 15) is 32.2 Å². The Morgan fingerprint density at radius 1 is 0.950 bits per heavy atom. The van der Waals surface area contributed by atoms with E-state index in [2.05, 4.69) is 13.1 Å².